The number of fused-ring (bicyclic) bond motifs is 2. The second-order valence-corrected chi connectivity index (χ2v) is 8.68. The highest BCUT2D eigenvalue weighted by atomic mass is 16.5. The van der Waals surface area contributed by atoms with Gasteiger partial charge in [-0.2, -0.15) is 0 Å². The van der Waals surface area contributed by atoms with Crippen LogP contribution in [0.1, 0.15) is 23.1 Å². The highest BCUT2D eigenvalue weighted by Crippen LogP contribution is 2.43. The Morgan fingerprint density at radius 3 is 2.78 bits per heavy atom. The molecule has 2 saturated heterocycles. The standard InChI is InChI=1S/C25H31N3O4/c29-24(28-10-9-25(19-28)22-7-3-1-6-21(22)18-32-25)26-17-20-5-2-4-8-23(20)31-16-13-27-11-14-30-15-12-27/h1-8H,9-19H2,(H,26,29). The van der Waals surface area contributed by atoms with Crippen LogP contribution in [-0.2, 0) is 28.2 Å². The number of hydrogen-bond donors (Lipinski definition) is 1. The van der Waals surface area contributed by atoms with Crippen molar-refractivity contribution < 1.29 is 19.0 Å². The SMILES string of the molecule is O=C(NCc1ccccc1OCCN1CCOCC1)N1CCC2(C1)OCc1ccccc12. The quantitative estimate of drug-likeness (QED) is 0.753. The first-order valence-electron chi connectivity index (χ1n) is 11.5. The number of morpholine rings is 1. The van der Waals surface area contributed by atoms with Gasteiger partial charge in [-0.25, -0.2) is 4.79 Å². The van der Waals surface area contributed by atoms with Gasteiger partial charge in [0.1, 0.15) is 18.0 Å². The van der Waals surface area contributed by atoms with Crippen molar-refractivity contribution >= 4 is 6.03 Å². The number of amides is 2. The van der Waals surface area contributed by atoms with Crippen molar-refractivity contribution in [2.75, 3.05) is 52.5 Å². The minimum Gasteiger partial charge on any atom is -0.492 e. The van der Waals surface area contributed by atoms with Crippen LogP contribution >= 0.6 is 0 Å². The van der Waals surface area contributed by atoms with Crippen LogP contribution in [-0.4, -0.2) is 68.4 Å². The summed E-state index contributed by atoms with van der Waals surface area (Å²) in [7, 11) is 0. The monoisotopic (exact) mass is 437 g/mol. The van der Waals surface area contributed by atoms with E-state index in [9.17, 15) is 4.79 Å². The summed E-state index contributed by atoms with van der Waals surface area (Å²) in [5, 5.41) is 3.08. The lowest BCUT2D eigenvalue weighted by molar-refractivity contribution is -0.0272. The van der Waals surface area contributed by atoms with E-state index in [0.717, 1.165) is 50.6 Å². The Labute approximate surface area is 189 Å². The van der Waals surface area contributed by atoms with E-state index in [2.05, 4.69) is 22.3 Å². The topological polar surface area (TPSA) is 63.3 Å². The molecule has 32 heavy (non-hydrogen) atoms. The zero-order chi connectivity index (χ0) is 21.8. The molecule has 0 saturated carbocycles. The normalized spacial score (nSPS) is 22.8. The molecule has 0 aromatic heterocycles. The third kappa shape index (κ3) is 4.46. The molecular formula is C25H31N3O4. The van der Waals surface area contributed by atoms with Gasteiger partial charge in [-0.1, -0.05) is 42.5 Å². The van der Waals surface area contributed by atoms with E-state index in [1.165, 1.54) is 11.1 Å². The molecule has 7 nitrogen and oxygen atoms in total. The number of urea groups is 1. The molecule has 3 aliphatic rings. The van der Waals surface area contributed by atoms with E-state index < -0.39 is 0 Å². The van der Waals surface area contributed by atoms with Gasteiger partial charge in [0.2, 0.25) is 0 Å². The zero-order valence-electron chi connectivity index (χ0n) is 18.4. The molecule has 7 heteroatoms. The van der Waals surface area contributed by atoms with Crippen molar-refractivity contribution in [3.8, 4) is 5.75 Å². The van der Waals surface area contributed by atoms with Crippen LogP contribution in [0.3, 0.4) is 0 Å². The number of nitrogens with zero attached hydrogens (tertiary/aromatic N) is 2. The zero-order valence-corrected chi connectivity index (χ0v) is 18.4. The van der Waals surface area contributed by atoms with Crippen molar-refractivity contribution in [2.24, 2.45) is 0 Å². The molecule has 0 aliphatic carbocycles. The lowest BCUT2D eigenvalue weighted by Crippen LogP contribution is -2.40. The Kier molecular flexibility index (Phi) is 6.30. The summed E-state index contributed by atoms with van der Waals surface area (Å²) in [5.41, 5.74) is 3.10. The molecule has 3 aliphatic heterocycles. The Balaban J connectivity index is 1.14. The molecule has 2 amide bonds. The molecule has 0 bridgehead atoms. The maximum absolute atomic E-state index is 12.9. The summed E-state index contributed by atoms with van der Waals surface area (Å²) in [6, 6.07) is 16.2. The van der Waals surface area contributed by atoms with Crippen LogP contribution in [0.4, 0.5) is 4.79 Å². The molecule has 1 N–H and O–H groups in total. The van der Waals surface area contributed by atoms with Crippen molar-refractivity contribution in [1.82, 2.24) is 15.1 Å². The number of carbonyl (C=O) groups is 1. The number of ether oxygens (including phenoxy) is 3. The van der Waals surface area contributed by atoms with Gasteiger partial charge >= 0.3 is 6.03 Å². The summed E-state index contributed by atoms with van der Waals surface area (Å²) in [4.78, 5) is 17.1. The first-order valence-corrected chi connectivity index (χ1v) is 11.5. The van der Waals surface area contributed by atoms with Gasteiger partial charge in [-0.05, 0) is 17.2 Å². The second-order valence-electron chi connectivity index (χ2n) is 8.68. The van der Waals surface area contributed by atoms with E-state index in [-0.39, 0.29) is 11.6 Å². The molecule has 170 valence electrons. The van der Waals surface area contributed by atoms with E-state index in [0.29, 0.717) is 32.8 Å². The fraction of sp³-hybridized carbons (Fsp3) is 0.480. The second kappa shape index (κ2) is 9.48. The molecule has 0 radical (unpaired) electrons. The lowest BCUT2D eigenvalue weighted by Gasteiger charge is -2.26. The highest BCUT2D eigenvalue weighted by Gasteiger charge is 2.46. The molecular weight excluding hydrogens is 406 g/mol. The summed E-state index contributed by atoms with van der Waals surface area (Å²) in [6.07, 6.45) is 0.832. The Morgan fingerprint density at radius 1 is 1.06 bits per heavy atom. The van der Waals surface area contributed by atoms with Crippen LogP contribution in [0.2, 0.25) is 0 Å². The predicted molar refractivity (Wildman–Crippen MR) is 121 cm³/mol. The summed E-state index contributed by atoms with van der Waals surface area (Å²) in [6.45, 7) is 7.32. The number of likely N-dealkylation sites (tertiary alicyclic amines) is 1. The fourth-order valence-corrected chi connectivity index (χ4v) is 4.86. The maximum atomic E-state index is 12.9. The third-order valence-electron chi connectivity index (χ3n) is 6.70. The van der Waals surface area contributed by atoms with Gasteiger partial charge in [-0.15, -0.1) is 0 Å². The average Bonchev–Trinajstić information content (AvgIpc) is 3.44. The smallest absolute Gasteiger partial charge is 0.317 e. The molecule has 5 rings (SSSR count). The third-order valence-corrected chi connectivity index (χ3v) is 6.70. The number of para-hydroxylation sites is 1. The molecule has 3 heterocycles. The van der Waals surface area contributed by atoms with E-state index in [4.69, 9.17) is 14.2 Å². The lowest BCUT2D eigenvalue weighted by atomic mass is 9.92. The first-order chi connectivity index (χ1) is 15.7. The van der Waals surface area contributed by atoms with Crippen molar-refractivity contribution in [3.63, 3.8) is 0 Å². The Bertz CT molecular complexity index is 946. The molecule has 1 unspecified atom stereocenters. The van der Waals surface area contributed by atoms with Crippen LogP contribution in [0.15, 0.2) is 48.5 Å². The Morgan fingerprint density at radius 2 is 1.88 bits per heavy atom. The van der Waals surface area contributed by atoms with Crippen LogP contribution in [0.25, 0.3) is 0 Å². The average molecular weight is 438 g/mol. The van der Waals surface area contributed by atoms with Gasteiger partial charge in [-0.3, -0.25) is 4.90 Å². The van der Waals surface area contributed by atoms with Crippen LogP contribution < -0.4 is 10.1 Å². The minimum atomic E-state index is -0.353. The van der Waals surface area contributed by atoms with Crippen molar-refractivity contribution in [3.05, 3.63) is 65.2 Å². The predicted octanol–water partition coefficient (Wildman–Crippen LogP) is 2.74. The molecule has 2 aromatic carbocycles. The highest BCUT2D eigenvalue weighted by molar-refractivity contribution is 5.75. The minimum absolute atomic E-state index is 0.0574. The summed E-state index contributed by atoms with van der Waals surface area (Å²) in [5.74, 6) is 0.826. The van der Waals surface area contributed by atoms with Crippen molar-refractivity contribution in [2.45, 2.75) is 25.2 Å². The van der Waals surface area contributed by atoms with Gasteiger partial charge in [0.25, 0.3) is 0 Å². The summed E-state index contributed by atoms with van der Waals surface area (Å²) >= 11 is 0. The summed E-state index contributed by atoms with van der Waals surface area (Å²) < 4.78 is 17.6. The fourth-order valence-electron chi connectivity index (χ4n) is 4.86. The molecule has 2 fully saturated rings. The molecule has 2 aromatic rings. The van der Waals surface area contributed by atoms with Gasteiger partial charge in [0, 0.05) is 44.7 Å². The number of benzene rings is 2. The van der Waals surface area contributed by atoms with Gasteiger partial charge in [0.05, 0.1) is 26.4 Å². The van der Waals surface area contributed by atoms with Crippen LogP contribution in [0.5, 0.6) is 5.75 Å². The number of rotatable bonds is 6. The number of hydrogen-bond acceptors (Lipinski definition) is 5. The van der Waals surface area contributed by atoms with Crippen molar-refractivity contribution in [1.29, 1.82) is 0 Å². The van der Waals surface area contributed by atoms with E-state index in [1.807, 2.05) is 41.3 Å². The number of carbonyl (C=O) groups excluding carboxylic acids is 1. The molecule has 1 spiro atoms. The van der Waals surface area contributed by atoms with Crippen LogP contribution in [0, 0.1) is 0 Å². The van der Waals surface area contributed by atoms with E-state index in [1.54, 1.807) is 0 Å². The largest absolute Gasteiger partial charge is 0.492 e. The number of nitrogens with one attached hydrogen (secondary N) is 1. The first kappa shape index (κ1) is 21.2. The maximum Gasteiger partial charge on any atom is 0.317 e. The Hall–Kier alpha value is -2.61. The van der Waals surface area contributed by atoms with Gasteiger partial charge < -0.3 is 24.4 Å². The molecule has 1 atom stereocenters. The van der Waals surface area contributed by atoms with Gasteiger partial charge in [0.15, 0.2) is 0 Å². The van der Waals surface area contributed by atoms with E-state index >= 15 is 0 Å².